The average molecular weight is 368 g/mol. The van der Waals surface area contributed by atoms with Crippen LogP contribution in [0.4, 0.5) is 0 Å². The van der Waals surface area contributed by atoms with Crippen molar-refractivity contribution in [2.24, 2.45) is 0 Å². The highest BCUT2D eigenvalue weighted by molar-refractivity contribution is 9.10. The summed E-state index contributed by atoms with van der Waals surface area (Å²) in [7, 11) is 3.44. The maximum Gasteiger partial charge on any atom is 0.254 e. The fourth-order valence-corrected chi connectivity index (χ4v) is 3.56. The number of ether oxygens (including phenoxy) is 1. The second-order valence-corrected chi connectivity index (χ2v) is 7.06. The summed E-state index contributed by atoms with van der Waals surface area (Å²) in [4.78, 5) is 16.8. The van der Waals surface area contributed by atoms with Crippen LogP contribution in [0.3, 0.4) is 0 Å². The van der Waals surface area contributed by atoms with Gasteiger partial charge in [-0.2, -0.15) is 0 Å². The number of carbonyl (C=O) groups is 1. The van der Waals surface area contributed by atoms with Gasteiger partial charge in [-0.1, -0.05) is 0 Å². The molecule has 1 unspecified atom stereocenters. The van der Waals surface area contributed by atoms with Crippen molar-refractivity contribution in [3.05, 3.63) is 50.1 Å². The standard InChI is InChI=1S/C16H18BrNO2S/c1-10-5-8-15(21-10)11(2)18(3)16(19)12-6-7-14(20-4)13(17)9-12/h5-9,11H,1-4H3. The molecule has 3 nitrogen and oxygen atoms in total. The number of hydrogen-bond donors (Lipinski definition) is 0. The Balaban J connectivity index is 2.20. The van der Waals surface area contributed by atoms with Crippen LogP contribution in [0.5, 0.6) is 5.75 Å². The van der Waals surface area contributed by atoms with Gasteiger partial charge in [0.2, 0.25) is 0 Å². The van der Waals surface area contributed by atoms with E-state index in [0.717, 1.165) is 10.2 Å². The van der Waals surface area contributed by atoms with E-state index in [1.54, 1.807) is 41.5 Å². The fraction of sp³-hybridized carbons (Fsp3) is 0.312. The molecule has 1 amide bonds. The van der Waals surface area contributed by atoms with E-state index in [4.69, 9.17) is 4.74 Å². The lowest BCUT2D eigenvalue weighted by Gasteiger charge is -2.24. The number of hydrogen-bond acceptors (Lipinski definition) is 3. The molecule has 0 bridgehead atoms. The number of rotatable bonds is 4. The molecule has 1 atom stereocenters. The monoisotopic (exact) mass is 367 g/mol. The molecule has 1 heterocycles. The fourth-order valence-electron chi connectivity index (χ4n) is 2.05. The van der Waals surface area contributed by atoms with Crippen LogP contribution < -0.4 is 4.74 Å². The van der Waals surface area contributed by atoms with E-state index in [0.29, 0.717) is 5.56 Å². The van der Waals surface area contributed by atoms with Gasteiger partial charge in [-0.05, 0) is 60.1 Å². The first-order valence-electron chi connectivity index (χ1n) is 6.61. The summed E-state index contributed by atoms with van der Waals surface area (Å²) in [6.07, 6.45) is 0. The van der Waals surface area contributed by atoms with Gasteiger partial charge in [0, 0.05) is 22.4 Å². The Labute approximate surface area is 137 Å². The highest BCUT2D eigenvalue weighted by atomic mass is 79.9. The predicted octanol–water partition coefficient (Wildman–Crippen LogP) is 4.66. The molecule has 0 spiro atoms. The van der Waals surface area contributed by atoms with Crippen molar-refractivity contribution in [2.45, 2.75) is 19.9 Å². The van der Waals surface area contributed by atoms with E-state index in [9.17, 15) is 4.79 Å². The van der Waals surface area contributed by atoms with Gasteiger partial charge in [0.15, 0.2) is 0 Å². The average Bonchev–Trinajstić information content (AvgIpc) is 2.91. The van der Waals surface area contributed by atoms with Gasteiger partial charge in [-0.25, -0.2) is 0 Å². The van der Waals surface area contributed by atoms with Gasteiger partial charge < -0.3 is 9.64 Å². The minimum Gasteiger partial charge on any atom is -0.496 e. The highest BCUT2D eigenvalue weighted by Gasteiger charge is 2.20. The summed E-state index contributed by atoms with van der Waals surface area (Å²) in [5.74, 6) is 0.716. The normalized spacial score (nSPS) is 12.0. The first-order chi connectivity index (χ1) is 9.93. The minimum absolute atomic E-state index is 0.00286. The number of halogens is 1. The van der Waals surface area contributed by atoms with Crippen molar-refractivity contribution in [1.29, 1.82) is 0 Å². The third-order valence-electron chi connectivity index (χ3n) is 3.47. The maximum absolute atomic E-state index is 12.6. The quantitative estimate of drug-likeness (QED) is 0.786. The Morgan fingerprint density at radius 2 is 2.05 bits per heavy atom. The summed E-state index contributed by atoms with van der Waals surface area (Å²) in [5.41, 5.74) is 0.644. The molecule has 1 aromatic carbocycles. The van der Waals surface area contributed by atoms with Crippen molar-refractivity contribution in [2.75, 3.05) is 14.2 Å². The summed E-state index contributed by atoms with van der Waals surface area (Å²) >= 11 is 5.14. The number of methoxy groups -OCH3 is 1. The van der Waals surface area contributed by atoms with Gasteiger partial charge >= 0.3 is 0 Å². The molecule has 0 aliphatic carbocycles. The van der Waals surface area contributed by atoms with Gasteiger partial charge in [-0.3, -0.25) is 4.79 Å². The Kier molecular flexibility index (Phi) is 5.06. The molecule has 0 aliphatic heterocycles. The Morgan fingerprint density at radius 3 is 2.57 bits per heavy atom. The van der Waals surface area contributed by atoms with Crippen LogP contribution in [0.1, 0.15) is 33.1 Å². The summed E-state index contributed by atoms with van der Waals surface area (Å²) < 4.78 is 5.97. The summed E-state index contributed by atoms with van der Waals surface area (Å²) in [5, 5.41) is 0. The first-order valence-corrected chi connectivity index (χ1v) is 8.22. The van der Waals surface area contributed by atoms with Crippen molar-refractivity contribution in [1.82, 2.24) is 4.90 Å². The van der Waals surface area contributed by atoms with Crippen molar-refractivity contribution in [3.63, 3.8) is 0 Å². The third kappa shape index (κ3) is 3.47. The lowest BCUT2D eigenvalue weighted by Crippen LogP contribution is -2.29. The largest absolute Gasteiger partial charge is 0.496 e. The van der Waals surface area contributed by atoms with Crippen LogP contribution in [0.25, 0.3) is 0 Å². The molecule has 2 aromatic rings. The zero-order chi connectivity index (χ0) is 15.6. The SMILES string of the molecule is COc1ccc(C(=O)N(C)C(C)c2ccc(C)s2)cc1Br. The maximum atomic E-state index is 12.6. The van der Waals surface area contributed by atoms with Gasteiger partial charge in [0.1, 0.15) is 5.75 Å². The molecule has 2 rings (SSSR count). The first kappa shape index (κ1) is 16.0. The molecule has 1 aromatic heterocycles. The highest BCUT2D eigenvalue weighted by Crippen LogP contribution is 2.29. The van der Waals surface area contributed by atoms with Crippen LogP contribution >= 0.6 is 27.3 Å². The van der Waals surface area contributed by atoms with E-state index < -0.39 is 0 Å². The van der Waals surface area contributed by atoms with Crippen molar-refractivity contribution in [3.8, 4) is 5.75 Å². The second-order valence-electron chi connectivity index (χ2n) is 4.89. The number of benzene rings is 1. The van der Waals surface area contributed by atoms with Gasteiger partial charge in [-0.15, -0.1) is 11.3 Å². The Morgan fingerprint density at radius 1 is 1.33 bits per heavy atom. The van der Waals surface area contributed by atoms with Crippen LogP contribution in [-0.4, -0.2) is 25.0 Å². The van der Waals surface area contributed by atoms with E-state index >= 15 is 0 Å². The zero-order valence-electron chi connectivity index (χ0n) is 12.5. The molecule has 5 heteroatoms. The van der Waals surface area contributed by atoms with E-state index in [1.165, 1.54) is 9.75 Å². The van der Waals surface area contributed by atoms with Gasteiger partial charge in [0.25, 0.3) is 5.91 Å². The molecular formula is C16H18BrNO2S. The Hall–Kier alpha value is -1.33. The van der Waals surface area contributed by atoms with E-state index in [-0.39, 0.29) is 11.9 Å². The summed E-state index contributed by atoms with van der Waals surface area (Å²) in [6, 6.07) is 9.60. The summed E-state index contributed by atoms with van der Waals surface area (Å²) in [6.45, 7) is 4.12. The molecule has 0 N–H and O–H groups in total. The Bertz CT molecular complexity index is 653. The predicted molar refractivity (Wildman–Crippen MR) is 90.3 cm³/mol. The van der Waals surface area contributed by atoms with E-state index in [1.807, 2.05) is 14.0 Å². The molecular weight excluding hydrogens is 350 g/mol. The lowest BCUT2D eigenvalue weighted by molar-refractivity contribution is 0.0745. The molecule has 112 valence electrons. The molecule has 0 fully saturated rings. The molecule has 0 saturated heterocycles. The number of amides is 1. The van der Waals surface area contributed by atoms with E-state index in [2.05, 4.69) is 35.0 Å². The third-order valence-corrected chi connectivity index (χ3v) is 5.26. The van der Waals surface area contributed by atoms with Crippen molar-refractivity contribution >= 4 is 33.2 Å². The number of thiophene rings is 1. The van der Waals surface area contributed by atoms with Gasteiger partial charge in [0.05, 0.1) is 17.6 Å². The second kappa shape index (κ2) is 6.62. The smallest absolute Gasteiger partial charge is 0.254 e. The number of aryl methyl sites for hydroxylation is 1. The van der Waals surface area contributed by atoms with Crippen LogP contribution in [0, 0.1) is 6.92 Å². The molecule has 0 saturated carbocycles. The molecule has 21 heavy (non-hydrogen) atoms. The van der Waals surface area contributed by atoms with Crippen LogP contribution in [0.15, 0.2) is 34.8 Å². The van der Waals surface area contributed by atoms with Crippen molar-refractivity contribution < 1.29 is 9.53 Å². The molecule has 0 radical (unpaired) electrons. The van der Waals surface area contributed by atoms with Crippen LogP contribution in [0.2, 0.25) is 0 Å². The number of nitrogens with zero attached hydrogens (tertiary/aromatic N) is 1. The minimum atomic E-state index is -0.00286. The molecule has 0 aliphatic rings. The zero-order valence-corrected chi connectivity index (χ0v) is 14.9. The number of carbonyl (C=O) groups excluding carboxylic acids is 1. The van der Waals surface area contributed by atoms with Crippen LogP contribution in [-0.2, 0) is 0 Å². The lowest BCUT2D eigenvalue weighted by atomic mass is 10.1. The topological polar surface area (TPSA) is 29.5 Å².